The van der Waals surface area contributed by atoms with Gasteiger partial charge in [-0.1, -0.05) is 0 Å². The Morgan fingerprint density at radius 2 is 1.88 bits per heavy atom. The zero-order valence-electron chi connectivity index (χ0n) is 9.91. The van der Waals surface area contributed by atoms with Crippen molar-refractivity contribution >= 4 is 0 Å². The molecular weight excluding hydrogens is 218 g/mol. The summed E-state index contributed by atoms with van der Waals surface area (Å²) in [5.74, 6) is 0. The van der Waals surface area contributed by atoms with E-state index in [9.17, 15) is 5.11 Å². The molecule has 3 heterocycles. The number of fused-ring (bicyclic) bond motifs is 2. The summed E-state index contributed by atoms with van der Waals surface area (Å²) in [7, 11) is 2.11. The number of piperidine rings is 1. The first-order chi connectivity index (χ1) is 8.19. The van der Waals surface area contributed by atoms with Gasteiger partial charge in [-0.05, 0) is 19.9 Å². The van der Waals surface area contributed by atoms with Crippen LogP contribution in [-0.2, 0) is 10.3 Å². The summed E-state index contributed by atoms with van der Waals surface area (Å²) in [6, 6.07) is 0.570. The van der Waals surface area contributed by atoms with Crippen molar-refractivity contribution in [1.29, 1.82) is 0 Å². The highest BCUT2D eigenvalue weighted by molar-refractivity contribution is 5.18. The normalized spacial score (nSPS) is 38.0. The maximum Gasteiger partial charge on any atom is 0.115 e. The fourth-order valence-corrected chi connectivity index (χ4v) is 2.92. The second kappa shape index (κ2) is 4.01. The van der Waals surface area contributed by atoms with Crippen molar-refractivity contribution in [3.8, 4) is 0 Å². The molecule has 2 saturated heterocycles. The second-order valence-electron chi connectivity index (χ2n) is 5.08. The minimum atomic E-state index is -0.799. The SMILES string of the molecule is CN1C2COCC1CC(O)(c1cncnc1)C2. The van der Waals surface area contributed by atoms with Crippen molar-refractivity contribution in [3.63, 3.8) is 0 Å². The molecule has 2 aliphatic rings. The largest absolute Gasteiger partial charge is 0.385 e. The minimum Gasteiger partial charge on any atom is -0.385 e. The third-order valence-electron chi connectivity index (χ3n) is 4.02. The molecule has 1 N–H and O–H groups in total. The summed E-state index contributed by atoms with van der Waals surface area (Å²) in [6.45, 7) is 1.39. The molecule has 0 aromatic carbocycles. The highest BCUT2D eigenvalue weighted by Crippen LogP contribution is 2.39. The highest BCUT2D eigenvalue weighted by Gasteiger charge is 2.45. The molecular formula is C12H17N3O2. The van der Waals surface area contributed by atoms with Crippen LogP contribution in [0.25, 0.3) is 0 Å². The molecule has 2 aliphatic heterocycles. The van der Waals surface area contributed by atoms with Gasteiger partial charge in [0.15, 0.2) is 0 Å². The number of likely N-dealkylation sites (N-methyl/N-ethyl adjacent to an activating group) is 1. The molecule has 0 aliphatic carbocycles. The molecule has 92 valence electrons. The van der Waals surface area contributed by atoms with Crippen LogP contribution in [0.5, 0.6) is 0 Å². The average Bonchev–Trinajstić information content (AvgIpc) is 2.33. The summed E-state index contributed by atoms with van der Waals surface area (Å²) >= 11 is 0. The lowest BCUT2D eigenvalue weighted by atomic mass is 9.78. The monoisotopic (exact) mass is 235 g/mol. The second-order valence-corrected chi connectivity index (χ2v) is 5.08. The van der Waals surface area contributed by atoms with Crippen LogP contribution in [0.1, 0.15) is 18.4 Å². The third-order valence-corrected chi connectivity index (χ3v) is 4.02. The molecule has 5 heteroatoms. The van der Waals surface area contributed by atoms with E-state index in [1.807, 2.05) is 0 Å². The molecule has 2 fully saturated rings. The van der Waals surface area contributed by atoms with E-state index in [0.717, 1.165) is 5.56 Å². The molecule has 5 nitrogen and oxygen atoms in total. The molecule has 0 amide bonds. The first kappa shape index (κ1) is 11.1. The number of hydrogen-bond acceptors (Lipinski definition) is 5. The van der Waals surface area contributed by atoms with E-state index in [1.165, 1.54) is 6.33 Å². The summed E-state index contributed by atoms with van der Waals surface area (Å²) in [6.07, 6.45) is 6.30. The van der Waals surface area contributed by atoms with E-state index in [1.54, 1.807) is 12.4 Å². The van der Waals surface area contributed by atoms with Gasteiger partial charge in [0.1, 0.15) is 6.33 Å². The van der Waals surface area contributed by atoms with Crippen molar-refractivity contribution in [2.24, 2.45) is 0 Å². The molecule has 0 spiro atoms. The molecule has 0 radical (unpaired) electrons. The van der Waals surface area contributed by atoms with Crippen LogP contribution in [0.4, 0.5) is 0 Å². The van der Waals surface area contributed by atoms with Gasteiger partial charge in [-0.3, -0.25) is 4.90 Å². The number of rotatable bonds is 1. The van der Waals surface area contributed by atoms with Crippen LogP contribution in [0.2, 0.25) is 0 Å². The lowest BCUT2D eigenvalue weighted by molar-refractivity contribution is -0.138. The van der Waals surface area contributed by atoms with E-state index in [0.29, 0.717) is 26.1 Å². The predicted molar refractivity (Wildman–Crippen MR) is 61.3 cm³/mol. The van der Waals surface area contributed by atoms with Crippen molar-refractivity contribution in [3.05, 3.63) is 24.3 Å². The molecule has 17 heavy (non-hydrogen) atoms. The van der Waals surface area contributed by atoms with E-state index < -0.39 is 5.60 Å². The minimum absolute atomic E-state index is 0.285. The zero-order chi connectivity index (χ0) is 11.9. The molecule has 2 bridgehead atoms. The van der Waals surface area contributed by atoms with Crippen LogP contribution in [-0.4, -0.2) is 52.3 Å². The highest BCUT2D eigenvalue weighted by atomic mass is 16.5. The number of morpholine rings is 1. The smallest absolute Gasteiger partial charge is 0.115 e. The first-order valence-corrected chi connectivity index (χ1v) is 5.96. The number of aromatic nitrogens is 2. The van der Waals surface area contributed by atoms with E-state index in [2.05, 4.69) is 21.9 Å². The quantitative estimate of drug-likeness (QED) is 0.751. The summed E-state index contributed by atoms with van der Waals surface area (Å²) in [4.78, 5) is 10.3. The Kier molecular flexibility index (Phi) is 2.61. The fourth-order valence-electron chi connectivity index (χ4n) is 2.92. The molecule has 1 aromatic rings. The Bertz CT molecular complexity index is 384. The van der Waals surface area contributed by atoms with Crippen molar-refractivity contribution < 1.29 is 9.84 Å². The van der Waals surface area contributed by atoms with Crippen molar-refractivity contribution in [2.75, 3.05) is 20.3 Å². The zero-order valence-corrected chi connectivity index (χ0v) is 9.91. The fraction of sp³-hybridized carbons (Fsp3) is 0.667. The Labute approximate surface area is 100 Å². The number of ether oxygens (including phenoxy) is 1. The lowest BCUT2D eigenvalue weighted by Crippen LogP contribution is -2.59. The molecule has 3 rings (SSSR count). The Morgan fingerprint density at radius 1 is 1.29 bits per heavy atom. The van der Waals surface area contributed by atoms with E-state index in [4.69, 9.17) is 4.74 Å². The number of aliphatic hydroxyl groups is 1. The van der Waals surface area contributed by atoms with Gasteiger partial charge < -0.3 is 9.84 Å². The van der Waals surface area contributed by atoms with Gasteiger partial charge in [-0.15, -0.1) is 0 Å². The van der Waals surface area contributed by atoms with Crippen molar-refractivity contribution in [2.45, 2.75) is 30.5 Å². The topological polar surface area (TPSA) is 58.5 Å². The maximum atomic E-state index is 10.8. The number of nitrogens with zero attached hydrogens (tertiary/aromatic N) is 3. The molecule has 2 atom stereocenters. The maximum absolute atomic E-state index is 10.8. The summed E-state index contributed by atoms with van der Waals surface area (Å²) in [5, 5.41) is 10.8. The average molecular weight is 235 g/mol. The first-order valence-electron chi connectivity index (χ1n) is 5.96. The molecule has 0 saturated carbocycles. The molecule has 1 aromatic heterocycles. The van der Waals surface area contributed by atoms with E-state index >= 15 is 0 Å². The third kappa shape index (κ3) is 1.84. The van der Waals surface area contributed by atoms with Crippen LogP contribution in [0, 0.1) is 0 Å². The van der Waals surface area contributed by atoms with Crippen LogP contribution in [0.3, 0.4) is 0 Å². The van der Waals surface area contributed by atoms with E-state index in [-0.39, 0.29) is 12.1 Å². The number of hydrogen-bond donors (Lipinski definition) is 1. The van der Waals surface area contributed by atoms with Crippen molar-refractivity contribution in [1.82, 2.24) is 14.9 Å². The van der Waals surface area contributed by atoms with Gasteiger partial charge in [-0.25, -0.2) is 9.97 Å². The van der Waals surface area contributed by atoms with Gasteiger partial charge >= 0.3 is 0 Å². The molecule has 2 unspecified atom stereocenters. The van der Waals surface area contributed by atoms with Crippen LogP contribution < -0.4 is 0 Å². The predicted octanol–water partition coefficient (Wildman–Crippen LogP) is 0.157. The van der Waals surface area contributed by atoms with Gasteiger partial charge in [0.2, 0.25) is 0 Å². The van der Waals surface area contributed by atoms with Crippen LogP contribution >= 0.6 is 0 Å². The van der Waals surface area contributed by atoms with Gasteiger partial charge in [0, 0.05) is 30.0 Å². The van der Waals surface area contributed by atoms with Gasteiger partial charge in [-0.2, -0.15) is 0 Å². The van der Waals surface area contributed by atoms with Crippen LogP contribution in [0.15, 0.2) is 18.7 Å². The Hall–Kier alpha value is -1.04. The Morgan fingerprint density at radius 3 is 2.47 bits per heavy atom. The lowest BCUT2D eigenvalue weighted by Gasteiger charge is -2.50. The summed E-state index contributed by atoms with van der Waals surface area (Å²) in [5.41, 5.74) is 0.0253. The van der Waals surface area contributed by atoms with Gasteiger partial charge in [0.05, 0.1) is 18.8 Å². The summed E-state index contributed by atoms with van der Waals surface area (Å²) < 4.78 is 5.55. The standard InChI is InChI=1S/C12H17N3O2/c1-15-10-2-12(16,3-11(15)7-17-6-10)9-4-13-8-14-5-9/h4-5,8,10-11,16H,2-3,6-7H2,1H3. The van der Waals surface area contributed by atoms with Gasteiger partial charge in [0.25, 0.3) is 0 Å². The Balaban J connectivity index is 1.90.